The van der Waals surface area contributed by atoms with Crippen LogP contribution in [0.4, 0.5) is 8.78 Å². The van der Waals surface area contributed by atoms with Crippen LogP contribution in [0.3, 0.4) is 0 Å². The highest BCUT2D eigenvalue weighted by Gasteiger charge is 2.34. The number of hydrogen-bond acceptors (Lipinski definition) is 6. The quantitative estimate of drug-likeness (QED) is 0.590. The minimum absolute atomic E-state index is 0.256. The minimum Gasteiger partial charge on any atom is -0.486 e. The summed E-state index contributed by atoms with van der Waals surface area (Å²) in [6.07, 6.45) is 0.238. The molecule has 3 aromatic rings. The standard InChI is InChI=1S/C21H19F2N3O4/c1-28-9-8-19-24-20(30-25-19)15-4-2-3-5-18(15)29-14-11-26(12-14)21(27)16-10-13(22)6-7-17(16)23/h2-7,10,14H,8-9,11-12H2,1H3. The summed E-state index contributed by atoms with van der Waals surface area (Å²) < 4.78 is 43.5. The van der Waals surface area contributed by atoms with Gasteiger partial charge in [0.1, 0.15) is 23.5 Å². The Hall–Kier alpha value is -3.33. The van der Waals surface area contributed by atoms with Crippen LogP contribution in [0, 0.1) is 11.6 Å². The van der Waals surface area contributed by atoms with Crippen LogP contribution >= 0.6 is 0 Å². The maximum atomic E-state index is 13.8. The lowest BCUT2D eigenvalue weighted by molar-refractivity contribution is 0.0176. The van der Waals surface area contributed by atoms with Gasteiger partial charge in [-0.25, -0.2) is 8.78 Å². The van der Waals surface area contributed by atoms with Gasteiger partial charge in [0.15, 0.2) is 5.82 Å². The first kappa shape index (κ1) is 20.0. The molecule has 0 aliphatic carbocycles. The average molecular weight is 415 g/mol. The van der Waals surface area contributed by atoms with Crippen molar-refractivity contribution in [3.63, 3.8) is 0 Å². The van der Waals surface area contributed by atoms with E-state index in [-0.39, 0.29) is 24.8 Å². The first-order chi connectivity index (χ1) is 14.5. The summed E-state index contributed by atoms with van der Waals surface area (Å²) in [6.45, 7) is 0.993. The Kier molecular flexibility index (Phi) is 5.71. The van der Waals surface area contributed by atoms with Crippen molar-refractivity contribution in [2.24, 2.45) is 0 Å². The minimum atomic E-state index is -0.753. The molecule has 1 amide bonds. The van der Waals surface area contributed by atoms with E-state index < -0.39 is 17.5 Å². The number of aromatic nitrogens is 2. The third-order valence-electron chi connectivity index (χ3n) is 4.70. The predicted octanol–water partition coefficient (Wildman–Crippen LogP) is 3.11. The van der Waals surface area contributed by atoms with Crippen molar-refractivity contribution in [1.82, 2.24) is 15.0 Å². The van der Waals surface area contributed by atoms with Gasteiger partial charge in [0.2, 0.25) is 0 Å². The molecule has 4 rings (SSSR count). The molecule has 2 aromatic carbocycles. The lowest BCUT2D eigenvalue weighted by Gasteiger charge is -2.39. The van der Waals surface area contributed by atoms with E-state index >= 15 is 0 Å². The van der Waals surface area contributed by atoms with Crippen LogP contribution in [0.2, 0.25) is 0 Å². The normalized spacial score (nSPS) is 13.9. The number of amides is 1. The number of nitrogens with zero attached hydrogens (tertiary/aromatic N) is 3. The van der Waals surface area contributed by atoms with Gasteiger partial charge < -0.3 is 18.9 Å². The van der Waals surface area contributed by atoms with E-state index in [0.29, 0.717) is 36.1 Å². The molecule has 0 bridgehead atoms. The maximum absolute atomic E-state index is 13.8. The number of methoxy groups -OCH3 is 1. The summed E-state index contributed by atoms with van der Waals surface area (Å²) in [5, 5.41) is 3.93. The Labute approximate surface area is 171 Å². The number of hydrogen-bond donors (Lipinski definition) is 0. The number of carbonyl (C=O) groups is 1. The molecule has 0 atom stereocenters. The van der Waals surface area contributed by atoms with Gasteiger partial charge in [-0.05, 0) is 30.3 Å². The summed E-state index contributed by atoms with van der Waals surface area (Å²) in [6, 6.07) is 10.0. The molecule has 1 aromatic heterocycles. The number of halogens is 2. The van der Waals surface area contributed by atoms with Gasteiger partial charge in [0.25, 0.3) is 11.8 Å². The van der Waals surface area contributed by atoms with Gasteiger partial charge in [0, 0.05) is 13.5 Å². The molecular weight excluding hydrogens is 396 g/mol. The smallest absolute Gasteiger partial charge is 0.261 e. The fraction of sp³-hybridized carbons (Fsp3) is 0.286. The molecule has 1 saturated heterocycles. The Bertz CT molecular complexity index is 1050. The number of carbonyl (C=O) groups excluding carboxylic acids is 1. The first-order valence-corrected chi connectivity index (χ1v) is 9.37. The zero-order valence-electron chi connectivity index (χ0n) is 16.2. The highest BCUT2D eigenvalue weighted by atomic mass is 19.1. The third-order valence-corrected chi connectivity index (χ3v) is 4.70. The largest absolute Gasteiger partial charge is 0.486 e. The van der Waals surface area contributed by atoms with Gasteiger partial charge in [-0.3, -0.25) is 4.79 Å². The lowest BCUT2D eigenvalue weighted by Crippen LogP contribution is -2.56. The van der Waals surface area contributed by atoms with E-state index in [1.807, 2.05) is 12.1 Å². The molecule has 9 heteroatoms. The number of ether oxygens (including phenoxy) is 2. The van der Waals surface area contributed by atoms with Crippen molar-refractivity contribution < 1.29 is 27.6 Å². The highest BCUT2D eigenvalue weighted by molar-refractivity contribution is 5.95. The molecule has 0 spiro atoms. The fourth-order valence-corrected chi connectivity index (χ4v) is 3.09. The Balaban J connectivity index is 1.41. The molecule has 0 radical (unpaired) electrons. The number of rotatable bonds is 7. The summed E-state index contributed by atoms with van der Waals surface area (Å²) in [4.78, 5) is 18.2. The van der Waals surface area contributed by atoms with Gasteiger partial charge in [-0.15, -0.1) is 0 Å². The van der Waals surface area contributed by atoms with E-state index in [9.17, 15) is 13.6 Å². The summed E-state index contributed by atoms with van der Waals surface area (Å²) in [5.74, 6) is -0.596. The number of para-hydroxylation sites is 1. The molecule has 1 fully saturated rings. The number of benzene rings is 2. The predicted molar refractivity (Wildman–Crippen MR) is 102 cm³/mol. The molecule has 30 heavy (non-hydrogen) atoms. The van der Waals surface area contributed by atoms with Crippen LogP contribution in [0.1, 0.15) is 16.2 Å². The molecule has 1 aliphatic heterocycles. The molecule has 0 saturated carbocycles. The van der Waals surface area contributed by atoms with Crippen molar-refractivity contribution in [1.29, 1.82) is 0 Å². The van der Waals surface area contributed by atoms with E-state index in [1.54, 1.807) is 19.2 Å². The van der Waals surface area contributed by atoms with Gasteiger partial charge in [-0.2, -0.15) is 4.98 Å². The maximum Gasteiger partial charge on any atom is 0.261 e. The van der Waals surface area contributed by atoms with Crippen LogP contribution in [0.15, 0.2) is 47.0 Å². The fourth-order valence-electron chi connectivity index (χ4n) is 3.09. The van der Waals surface area contributed by atoms with Crippen molar-refractivity contribution >= 4 is 5.91 Å². The zero-order chi connectivity index (χ0) is 21.1. The van der Waals surface area contributed by atoms with E-state index in [1.165, 1.54) is 4.90 Å². The van der Waals surface area contributed by atoms with Crippen molar-refractivity contribution in [2.75, 3.05) is 26.8 Å². The first-order valence-electron chi connectivity index (χ1n) is 9.37. The molecule has 1 aliphatic rings. The summed E-state index contributed by atoms with van der Waals surface area (Å²) >= 11 is 0. The summed E-state index contributed by atoms with van der Waals surface area (Å²) in [7, 11) is 1.60. The van der Waals surface area contributed by atoms with Crippen LogP contribution < -0.4 is 4.74 Å². The van der Waals surface area contributed by atoms with Crippen LogP contribution in [-0.2, 0) is 11.2 Å². The average Bonchev–Trinajstić information content (AvgIpc) is 3.19. The van der Waals surface area contributed by atoms with E-state index in [2.05, 4.69) is 10.1 Å². The molecular formula is C21H19F2N3O4. The van der Waals surface area contributed by atoms with E-state index in [4.69, 9.17) is 14.0 Å². The SMILES string of the molecule is COCCc1noc(-c2ccccc2OC2CN(C(=O)c3cc(F)ccc3F)C2)n1. The topological polar surface area (TPSA) is 77.7 Å². The van der Waals surface area contributed by atoms with Crippen molar-refractivity contribution in [3.8, 4) is 17.2 Å². The zero-order valence-corrected chi connectivity index (χ0v) is 16.2. The van der Waals surface area contributed by atoms with E-state index in [0.717, 1.165) is 18.2 Å². The van der Waals surface area contributed by atoms with Gasteiger partial charge in [0.05, 0.1) is 30.8 Å². The van der Waals surface area contributed by atoms with Crippen LogP contribution in [0.25, 0.3) is 11.5 Å². The monoisotopic (exact) mass is 415 g/mol. The van der Waals surface area contributed by atoms with Gasteiger partial charge >= 0.3 is 0 Å². The van der Waals surface area contributed by atoms with Gasteiger partial charge in [-0.1, -0.05) is 17.3 Å². The van der Waals surface area contributed by atoms with Crippen LogP contribution in [-0.4, -0.2) is 53.9 Å². The second-order valence-electron chi connectivity index (χ2n) is 6.83. The molecule has 0 unspecified atom stereocenters. The van der Waals surface area contributed by atoms with Crippen LogP contribution in [0.5, 0.6) is 5.75 Å². The molecule has 2 heterocycles. The third kappa shape index (κ3) is 4.16. The molecule has 7 nitrogen and oxygen atoms in total. The number of likely N-dealkylation sites (tertiary alicyclic amines) is 1. The summed E-state index contributed by atoms with van der Waals surface area (Å²) in [5.41, 5.74) is 0.345. The highest BCUT2D eigenvalue weighted by Crippen LogP contribution is 2.31. The second kappa shape index (κ2) is 8.58. The molecule has 0 N–H and O–H groups in total. The van der Waals surface area contributed by atoms with Crippen molar-refractivity contribution in [3.05, 3.63) is 65.5 Å². The Morgan fingerprint density at radius 3 is 2.83 bits per heavy atom. The second-order valence-corrected chi connectivity index (χ2v) is 6.83. The Morgan fingerprint density at radius 2 is 2.03 bits per heavy atom. The van der Waals surface area contributed by atoms with Crippen molar-refractivity contribution in [2.45, 2.75) is 12.5 Å². The Morgan fingerprint density at radius 1 is 1.23 bits per heavy atom. The molecule has 156 valence electrons. The lowest BCUT2D eigenvalue weighted by atomic mass is 10.1.